The van der Waals surface area contributed by atoms with Crippen molar-refractivity contribution in [2.75, 3.05) is 42.5 Å². The molecule has 2 heterocycles. The maximum atomic E-state index is 12.9. The summed E-state index contributed by atoms with van der Waals surface area (Å²) in [6.45, 7) is 9.09. The van der Waals surface area contributed by atoms with E-state index in [1.807, 2.05) is 55.1 Å². The smallest absolute Gasteiger partial charge is 0.259 e. The molecule has 0 saturated carbocycles. The van der Waals surface area contributed by atoms with Crippen molar-refractivity contribution in [1.29, 1.82) is 0 Å². The zero-order valence-corrected chi connectivity index (χ0v) is 16.2. The number of benzene rings is 1. The highest BCUT2D eigenvalue weighted by Gasteiger charge is 2.21. The highest BCUT2D eigenvalue weighted by atomic mass is 16.2. The van der Waals surface area contributed by atoms with Gasteiger partial charge in [0.1, 0.15) is 5.82 Å². The lowest BCUT2D eigenvalue weighted by molar-refractivity contribution is -0.129. The molecule has 2 amide bonds. The van der Waals surface area contributed by atoms with Crippen LogP contribution in [0.2, 0.25) is 0 Å². The second-order valence-corrected chi connectivity index (χ2v) is 6.79. The Kier molecular flexibility index (Phi) is 5.74. The average molecular weight is 366 g/mol. The van der Waals surface area contributed by atoms with Crippen molar-refractivity contribution in [3.63, 3.8) is 0 Å². The average Bonchev–Trinajstić information content (AvgIpc) is 2.69. The van der Waals surface area contributed by atoms with Crippen molar-refractivity contribution in [1.82, 2.24) is 9.88 Å². The second kappa shape index (κ2) is 8.20. The Balaban J connectivity index is 1.71. The van der Waals surface area contributed by atoms with Crippen LogP contribution in [-0.4, -0.2) is 54.4 Å². The molecular weight excluding hydrogens is 340 g/mol. The van der Waals surface area contributed by atoms with Crippen LogP contribution in [-0.2, 0) is 4.79 Å². The summed E-state index contributed by atoms with van der Waals surface area (Å²) in [6.07, 6.45) is 1.65. The third kappa shape index (κ3) is 4.27. The summed E-state index contributed by atoms with van der Waals surface area (Å²) in [4.78, 5) is 34.6. The molecule has 6 heteroatoms. The van der Waals surface area contributed by atoms with Crippen LogP contribution in [0.3, 0.4) is 0 Å². The Morgan fingerprint density at radius 1 is 1.11 bits per heavy atom. The molecule has 2 aromatic rings. The Labute approximate surface area is 160 Å². The van der Waals surface area contributed by atoms with Gasteiger partial charge in [-0.2, -0.15) is 0 Å². The third-order valence-electron chi connectivity index (χ3n) is 4.92. The maximum Gasteiger partial charge on any atom is 0.259 e. The Morgan fingerprint density at radius 3 is 2.41 bits per heavy atom. The van der Waals surface area contributed by atoms with E-state index in [1.165, 1.54) is 0 Å². The lowest BCUT2D eigenvalue weighted by Crippen LogP contribution is -2.48. The summed E-state index contributed by atoms with van der Waals surface area (Å²) in [5.41, 5.74) is 2.59. The topological polar surface area (TPSA) is 56.8 Å². The van der Waals surface area contributed by atoms with E-state index >= 15 is 0 Å². The molecule has 3 rings (SSSR count). The lowest BCUT2D eigenvalue weighted by Gasteiger charge is -2.34. The molecule has 0 atom stereocenters. The van der Waals surface area contributed by atoms with Crippen LogP contribution < -0.4 is 9.80 Å². The molecule has 1 aliphatic heterocycles. The SMILES string of the molecule is CCN(C(=O)c1ccc(N2CCN(C(C)=O)CC2)nc1)c1cccc(C)c1. The van der Waals surface area contributed by atoms with E-state index < -0.39 is 0 Å². The minimum Gasteiger partial charge on any atom is -0.353 e. The van der Waals surface area contributed by atoms with Gasteiger partial charge < -0.3 is 14.7 Å². The van der Waals surface area contributed by atoms with Gasteiger partial charge in [0.15, 0.2) is 0 Å². The van der Waals surface area contributed by atoms with Crippen LogP contribution in [0.4, 0.5) is 11.5 Å². The van der Waals surface area contributed by atoms with Crippen molar-refractivity contribution in [2.24, 2.45) is 0 Å². The Hall–Kier alpha value is -2.89. The first-order chi connectivity index (χ1) is 13.0. The quantitative estimate of drug-likeness (QED) is 0.835. The number of carbonyl (C=O) groups is 2. The van der Waals surface area contributed by atoms with Crippen molar-refractivity contribution in [3.8, 4) is 0 Å². The fraction of sp³-hybridized carbons (Fsp3) is 0.381. The van der Waals surface area contributed by atoms with Gasteiger partial charge in [-0.3, -0.25) is 9.59 Å². The van der Waals surface area contributed by atoms with Crippen LogP contribution in [0, 0.1) is 6.92 Å². The first-order valence-electron chi connectivity index (χ1n) is 9.34. The molecular formula is C21H26N4O2. The van der Waals surface area contributed by atoms with Gasteiger partial charge in [-0.1, -0.05) is 12.1 Å². The summed E-state index contributed by atoms with van der Waals surface area (Å²) in [7, 11) is 0. The van der Waals surface area contributed by atoms with Crippen molar-refractivity contribution in [2.45, 2.75) is 20.8 Å². The standard InChI is InChI=1S/C21H26N4O2/c1-4-25(19-7-5-6-16(2)14-19)21(27)18-8-9-20(22-15-18)24-12-10-23(11-13-24)17(3)26/h5-9,14-15H,4,10-13H2,1-3H3. The van der Waals surface area contributed by atoms with E-state index in [2.05, 4.69) is 9.88 Å². The van der Waals surface area contributed by atoms with Gasteiger partial charge in [0, 0.05) is 51.5 Å². The van der Waals surface area contributed by atoms with Crippen molar-refractivity contribution >= 4 is 23.3 Å². The van der Waals surface area contributed by atoms with Crippen molar-refractivity contribution in [3.05, 3.63) is 53.7 Å². The number of anilines is 2. The highest BCUT2D eigenvalue weighted by Crippen LogP contribution is 2.20. The fourth-order valence-corrected chi connectivity index (χ4v) is 3.35. The Morgan fingerprint density at radius 2 is 1.85 bits per heavy atom. The number of piperazine rings is 1. The highest BCUT2D eigenvalue weighted by molar-refractivity contribution is 6.06. The number of hydrogen-bond donors (Lipinski definition) is 0. The maximum absolute atomic E-state index is 12.9. The third-order valence-corrected chi connectivity index (χ3v) is 4.92. The molecule has 6 nitrogen and oxygen atoms in total. The van der Waals surface area contributed by atoms with Gasteiger partial charge in [-0.05, 0) is 43.7 Å². The number of aryl methyl sites for hydroxylation is 1. The molecule has 0 N–H and O–H groups in total. The first-order valence-corrected chi connectivity index (χ1v) is 9.34. The largest absolute Gasteiger partial charge is 0.353 e. The van der Waals surface area contributed by atoms with E-state index in [0.717, 1.165) is 30.2 Å². The molecule has 0 spiro atoms. The monoisotopic (exact) mass is 366 g/mol. The number of nitrogens with zero attached hydrogens (tertiary/aromatic N) is 4. The molecule has 1 aliphatic rings. The molecule has 1 fully saturated rings. The van der Waals surface area contributed by atoms with E-state index in [1.54, 1.807) is 18.0 Å². The number of hydrogen-bond acceptors (Lipinski definition) is 4. The summed E-state index contributed by atoms with van der Waals surface area (Å²) < 4.78 is 0. The number of amides is 2. The van der Waals surface area contributed by atoms with Crippen molar-refractivity contribution < 1.29 is 9.59 Å². The van der Waals surface area contributed by atoms with E-state index in [9.17, 15) is 9.59 Å². The van der Waals surface area contributed by atoms with Gasteiger partial charge in [0.25, 0.3) is 5.91 Å². The van der Waals surface area contributed by atoms with E-state index in [-0.39, 0.29) is 11.8 Å². The second-order valence-electron chi connectivity index (χ2n) is 6.79. The van der Waals surface area contributed by atoms with Crippen LogP contribution >= 0.6 is 0 Å². The number of pyridine rings is 1. The first kappa shape index (κ1) is 18.9. The molecule has 27 heavy (non-hydrogen) atoms. The lowest BCUT2D eigenvalue weighted by atomic mass is 10.1. The summed E-state index contributed by atoms with van der Waals surface area (Å²) in [5.74, 6) is 0.899. The number of rotatable bonds is 4. The predicted molar refractivity (Wildman–Crippen MR) is 107 cm³/mol. The summed E-state index contributed by atoms with van der Waals surface area (Å²) in [5, 5.41) is 0. The molecule has 0 radical (unpaired) electrons. The van der Waals surface area contributed by atoms with E-state index in [0.29, 0.717) is 25.2 Å². The minimum atomic E-state index is -0.0523. The van der Waals surface area contributed by atoms with E-state index in [4.69, 9.17) is 0 Å². The molecule has 1 saturated heterocycles. The van der Waals surface area contributed by atoms with Crippen LogP contribution in [0.1, 0.15) is 29.8 Å². The molecule has 0 bridgehead atoms. The molecule has 1 aromatic heterocycles. The van der Waals surface area contributed by atoms with Gasteiger partial charge in [-0.15, -0.1) is 0 Å². The zero-order chi connectivity index (χ0) is 19.4. The summed E-state index contributed by atoms with van der Waals surface area (Å²) >= 11 is 0. The molecule has 0 aliphatic carbocycles. The normalized spacial score (nSPS) is 14.2. The zero-order valence-electron chi connectivity index (χ0n) is 16.2. The van der Waals surface area contributed by atoms with Gasteiger partial charge in [0.2, 0.25) is 5.91 Å². The van der Waals surface area contributed by atoms with Crippen LogP contribution in [0.15, 0.2) is 42.6 Å². The number of carbonyl (C=O) groups excluding carboxylic acids is 2. The summed E-state index contributed by atoms with van der Waals surface area (Å²) in [6, 6.07) is 11.7. The fourth-order valence-electron chi connectivity index (χ4n) is 3.35. The van der Waals surface area contributed by atoms with Crippen LogP contribution in [0.25, 0.3) is 0 Å². The molecule has 142 valence electrons. The predicted octanol–water partition coefficient (Wildman–Crippen LogP) is 2.73. The number of aromatic nitrogens is 1. The van der Waals surface area contributed by atoms with Gasteiger partial charge in [0.05, 0.1) is 5.56 Å². The molecule has 1 aromatic carbocycles. The molecule has 0 unspecified atom stereocenters. The minimum absolute atomic E-state index is 0.0523. The van der Waals surface area contributed by atoms with Gasteiger partial charge >= 0.3 is 0 Å². The Bertz CT molecular complexity index is 811. The van der Waals surface area contributed by atoms with Crippen LogP contribution in [0.5, 0.6) is 0 Å². The van der Waals surface area contributed by atoms with Gasteiger partial charge in [-0.25, -0.2) is 4.98 Å².